The van der Waals surface area contributed by atoms with Crippen LogP contribution in [0, 0.1) is 11.3 Å². The molecule has 2 unspecified atom stereocenters. The molecule has 1 saturated carbocycles. The maximum Gasteiger partial charge on any atom is 0.308 e. The molecule has 2 rings (SSSR count). The molecular formula is C13H21NO4. The normalized spacial score (nSPS) is 29.3. The fourth-order valence-electron chi connectivity index (χ4n) is 2.73. The van der Waals surface area contributed by atoms with Gasteiger partial charge in [-0.05, 0) is 33.1 Å². The molecule has 1 aliphatic heterocycles. The van der Waals surface area contributed by atoms with E-state index in [4.69, 9.17) is 9.84 Å². The molecule has 1 saturated heterocycles. The highest BCUT2D eigenvalue weighted by molar-refractivity contribution is 5.87. The smallest absolute Gasteiger partial charge is 0.308 e. The Bertz CT molecular complexity index is 351. The van der Waals surface area contributed by atoms with Crippen LogP contribution < -0.4 is 0 Å². The van der Waals surface area contributed by atoms with Gasteiger partial charge in [0.25, 0.3) is 0 Å². The molecule has 5 heteroatoms. The van der Waals surface area contributed by atoms with Crippen LogP contribution in [-0.2, 0) is 14.3 Å². The standard InChI is InChI=1S/C13H21NO4/c1-3-18-8-13(5-6-13)12(17)14-7-4-10(9(14)2)11(15)16/h9-10H,3-8H2,1-2H3,(H,15,16). The first-order chi connectivity index (χ1) is 8.52. The van der Waals surface area contributed by atoms with Crippen LogP contribution in [-0.4, -0.2) is 47.7 Å². The van der Waals surface area contributed by atoms with E-state index in [1.807, 2.05) is 13.8 Å². The maximum atomic E-state index is 12.5. The van der Waals surface area contributed by atoms with Crippen LogP contribution in [0.15, 0.2) is 0 Å². The van der Waals surface area contributed by atoms with Crippen molar-refractivity contribution in [2.45, 2.75) is 39.2 Å². The number of carbonyl (C=O) groups excluding carboxylic acids is 1. The minimum Gasteiger partial charge on any atom is -0.481 e. The van der Waals surface area contributed by atoms with Gasteiger partial charge in [0.15, 0.2) is 0 Å². The lowest BCUT2D eigenvalue weighted by molar-refractivity contribution is -0.144. The quantitative estimate of drug-likeness (QED) is 0.799. The van der Waals surface area contributed by atoms with Gasteiger partial charge < -0.3 is 14.7 Å². The number of carbonyl (C=O) groups is 2. The molecule has 5 nitrogen and oxygen atoms in total. The van der Waals surface area contributed by atoms with E-state index in [9.17, 15) is 9.59 Å². The zero-order chi connectivity index (χ0) is 13.3. The van der Waals surface area contributed by atoms with Crippen LogP contribution in [0.5, 0.6) is 0 Å². The number of nitrogens with zero attached hydrogens (tertiary/aromatic N) is 1. The van der Waals surface area contributed by atoms with Crippen LogP contribution in [0.1, 0.15) is 33.1 Å². The van der Waals surface area contributed by atoms with Gasteiger partial charge in [-0.1, -0.05) is 0 Å². The largest absolute Gasteiger partial charge is 0.481 e. The Balaban J connectivity index is 2.00. The van der Waals surface area contributed by atoms with E-state index >= 15 is 0 Å². The lowest BCUT2D eigenvalue weighted by atomic mass is 10.0. The number of carboxylic acids is 1. The second-order valence-corrected chi connectivity index (χ2v) is 5.39. The molecule has 0 bridgehead atoms. The molecule has 0 aromatic rings. The molecule has 0 aromatic heterocycles. The predicted octanol–water partition coefficient (Wildman–Crippen LogP) is 1.12. The van der Waals surface area contributed by atoms with Gasteiger partial charge in [0, 0.05) is 19.2 Å². The van der Waals surface area contributed by atoms with Crippen molar-refractivity contribution in [1.82, 2.24) is 4.90 Å². The number of aliphatic carboxylic acids is 1. The summed E-state index contributed by atoms with van der Waals surface area (Å²) in [5.41, 5.74) is -0.350. The number of amides is 1. The lowest BCUT2D eigenvalue weighted by Crippen LogP contribution is -2.43. The minimum absolute atomic E-state index is 0.0900. The summed E-state index contributed by atoms with van der Waals surface area (Å²) < 4.78 is 5.39. The number of rotatable bonds is 5. The molecule has 1 heterocycles. The van der Waals surface area contributed by atoms with Crippen molar-refractivity contribution < 1.29 is 19.4 Å². The first-order valence-electron chi connectivity index (χ1n) is 6.63. The van der Waals surface area contributed by atoms with Crippen LogP contribution in [0.2, 0.25) is 0 Å². The van der Waals surface area contributed by atoms with Crippen molar-refractivity contribution in [3.05, 3.63) is 0 Å². The summed E-state index contributed by atoms with van der Waals surface area (Å²) in [4.78, 5) is 25.3. The summed E-state index contributed by atoms with van der Waals surface area (Å²) in [6, 6.07) is -0.200. The van der Waals surface area contributed by atoms with Crippen LogP contribution in [0.25, 0.3) is 0 Å². The fourth-order valence-corrected chi connectivity index (χ4v) is 2.73. The third-order valence-corrected chi connectivity index (χ3v) is 4.22. The van der Waals surface area contributed by atoms with Crippen LogP contribution >= 0.6 is 0 Å². The topological polar surface area (TPSA) is 66.8 Å². The van der Waals surface area contributed by atoms with E-state index < -0.39 is 11.9 Å². The Morgan fingerprint density at radius 1 is 1.44 bits per heavy atom. The van der Waals surface area contributed by atoms with Gasteiger partial charge in [-0.25, -0.2) is 0 Å². The molecule has 2 atom stereocenters. The highest BCUT2D eigenvalue weighted by atomic mass is 16.5. The third-order valence-electron chi connectivity index (χ3n) is 4.22. The van der Waals surface area contributed by atoms with Gasteiger partial charge >= 0.3 is 5.97 Å². The number of hydrogen-bond donors (Lipinski definition) is 1. The molecular weight excluding hydrogens is 234 g/mol. The van der Waals surface area contributed by atoms with Gasteiger partial charge in [-0.2, -0.15) is 0 Å². The van der Waals surface area contributed by atoms with Crippen molar-refractivity contribution in [1.29, 1.82) is 0 Å². The Hall–Kier alpha value is -1.10. The van der Waals surface area contributed by atoms with E-state index in [1.54, 1.807) is 4.90 Å². The van der Waals surface area contributed by atoms with Crippen LogP contribution in [0.4, 0.5) is 0 Å². The monoisotopic (exact) mass is 255 g/mol. The second-order valence-electron chi connectivity index (χ2n) is 5.39. The van der Waals surface area contributed by atoms with E-state index in [1.165, 1.54) is 0 Å². The summed E-state index contributed by atoms with van der Waals surface area (Å²) >= 11 is 0. The van der Waals surface area contributed by atoms with E-state index in [0.29, 0.717) is 26.2 Å². The van der Waals surface area contributed by atoms with Crippen LogP contribution in [0.3, 0.4) is 0 Å². The Kier molecular flexibility index (Phi) is 3.61. The van der Waals surface area contributed by atoms with Gasteiger partial charge in [0.2, 0.25) is 5.91 Å². The van der Waals surface area contributed by atoms with Gasteiger partial charge in [0.05, 0.1) is 17.9 Å². The summed E-state index contributed by atoms with van der Waals surface area (Å²) in [5, 5.41) is 9.08. The average Bonchev–Trinajstić information content (AvgIpc) is 3.03. The first kappa shape index (κ1) is 13.3. The van der Waals surface area contributed by atoms with Crippen molar-refractivity contribution >= 4 is 11.9 Å². The van der Waals surface area contributed by atoms with Gasteiger partial charge in [-0.3, -0.25) is 9.59 Å². The zero-order valence-corrected chi connectivity index (χ0v) is 11.0. The lowest BCUT2D eigenvalue weighted by Gasteiger charge is -2.27. The zero-order valence-electron chi connectivity index (χ0n) is 11.0. The summed E-state index contributed by atoms with van der Waals surface area (Å²) in [7, 11) is 0. The van der Waals surface area contributed by atoms with Gasteiger partial charge in [-0.15, -0.1) is 0 Å². The van der Waals surface area contributed by atoms with E-state index in [0.717, 1.165) is 12.8 Å². The molecule has 1 amide bonds. The molecule has 0 spiro atoms. The molecule has 102 valence electrons. The molecule has 1 N–H and O–H groups in total. The van der Waals surface area contributed by atoms with Gasteiger partial charge in [0.1, 0.15) is 0 Å². The van der Waals surface area contributed by atoms with Crippen molar-refractivity contribution in [3.8, 4) is 0 Å². The Morgan fingerprint density at radius 3 is 2.56 bits per heavy atom. The maximum absolute atomic E-state index is 12.5. The Morgan fingerprint density at radius 2 is 2.11 bits per heavy atom. The molecule has 2 fully saturated rings. The van der Waals surface area contributed by atoms with Crippen molar-refractivity contribution in [3.63, 3.8) is 0 Å². The predicted molar refractivity (Wildman–Crippen MR) is 65.1 cm³/mol. The number of hydrogen-bond acceptors (Lipinski definition) is 3. The van der Waals surface area contributed by atoms with Crippen molar-refractivity contribution in [2.24, 2.45) is 11.3 Å². The molecule has 1 aliphatic carbocycles. The van der Waals surface area contributed by atoms with Crippen molar-refractivity contribution in [2.75, 3.05) is 19.8 Å². The Labute approximate surface area is 107 Å². The third kappa shape index (κ3) is 2.23. The number of ether oxygens (including phenoxy) is 1. The molecule has 0 radical (unpaired) electrons. The number of carboxylic acid groups (broad SMARTS) is 1. The summed E-state index contributed by atoms with van der Waals surface area (Å²) in [5.74, 6) is -1.13. The number of likely N-dealkylation sites (tertiary alicyclic amines) is 1. The molecule has 2 aliphatic rings. The van der Waals surface area contributed by atoms with E-state index in [-0.39, 0.29) is 17.4 Å². The highest BCUT2D eigenvalue weighted by Gasteiger charge is 2.54. The fraction of sp³-hybridized carbons (Fsp3) is 0.846. The first-order valence-corrected chi connectivity index (χ1v) is 6.63. The van der Waals surface area contributed by atoms with E-state index in [2.05, 4.69) is 0 Å². The second kappa shape index (κ2) is 4.88. The summed E-state index contributed by atoms with van der Waals surface area (Å²) in [6.07, 6.45) is 2.30. The average molecular weight is 255 g/mol. The SMILES string of the molecule is CCOCC1(C(=O)N2CCC(C(=O)O)C2C)CC1. The highest BCUT2D eigenvalue weighted by Crippen LogP contribution is 2.48. The minimum atomic E-state index is -0.799. The molecule has 18 heavy (non-hydrogen) atoms. The molecule has 0 aromatic carbocycles. The summed E-state index contributed by atoms with van der Waals surface area (Å²) in [6.45, 7) is 5.40.